The van der Waals surface area contributed by atoms with Crippen molar-refractivity contribution in [3.8, 4) is 0 Å². The molecule has 2 aliphatic rings. The highest BCUT2D eigenvalue weighted by molar-refractivity contribution is 4.92. The summed E-state index contributed by atoms with van der Waals surface area (Å²) in [6.07, 6.45) is 9.86. The Balaban J connectivity index is 2.02. The first-order chi connectivity index (χ1) is 8.22. The summed E-state index contributed by atoms with van der Waals surface area (Å²) in [6, 6.07) is 1.69. The van der Waals surface area contributed by atoms with Gasteiger partial charge in [-0.25, -0.2) is 0 Å². The molecule has 0 amide bonds. The Hall–Kier alpha value is -0.0800. The van der Waals surface area contributed by atoms with Gasteiger partial charge in [-0.15, -0.1) is 0 Å². The summed E-state index contributed by atoms with van der Waals surface area (Å²) in [7, 11) is 0. The Kier molecular flexibility index (Phi) is 4.87. The molecule has 100 valence electrons. The highest BCUT2D eigenvalue weighted by atomic mass is 15.2. The van der Waals surface area contributed by atoms with Gasteiger partial charge < -0.3 is 5.73 Å². The molecule has 0 aromatic heterocycles. The van der Waals surface area contributed by atoms with Crippen molar-refractivity contribution < 1.29 is 0 Å². The first-order valence-corrected chi connectivity index (χ1v) is 7.68. The van der Waals surface area contributed by atoms with Crippen LogP contribution in [0.5, 0.6) is 0 Å². The van der Waals surface area contributed by atoms with Crippen LogP contribution in [0.1, 0.15) is 58.8 Å². The van der Waals surface area contributed by atoms with Crippen molar-refractivity contribution in [3.05, 3.63) is 0 Å². The van der Waals surface area contributed by atoms with Crippen LogP contribution in [0.4, 0.5) is 0 Å². The minimum atomic E-state index is 0.761. The molecule has 17 heavy (non-hydrogen) atoms. The van der Waals surface area contributed by atoms with Crippen LogP contribution in [0.25, 0.3) is 0 Å². The second-order valence-electron chi connectivity index (χ2n) is 6.52. The topological polar surface area (TPSA) is 29.3 Å². The molecule has 0 radical (unpaired) electrons. The van der Waals surface area contributed by atoms with Crippen LogP contribution in [0.2, 0.25) is 0 Å². The largest absolute Gasteiger partial charge is 0.330 e. The molecule has 2 fully saturated rings. The van der Waals surface area contributed by atoms with Crippen LogP contribution >= 0.6 is 0 Å². The van der Waals surface area contributed by atoms with Gasteiger partial charge in [-0.2, -0.15) is 0 Å². The number of hydrogen-bond donors (Lipinski definition) is 1. The van der Waals surface area contributed by atoms with Crippen molar-refractivity contribution in [3.63, 3.8) is 0 Å². The fourth-order valence-corrected chi connectivity index (χ4v) is 3.46. The molecule has 2 N–H and O–H groups in total. The van der Waals surface area contributed by atoms with Crippen molar-refractivity contribution in [2.45, 2.75) is 70.9 Å². The minimum absolute atomic E-state index is 0.761. The van der Waals surface area contributed by atoms with Crippen LogP contribution in [0.15, 0.2) is 0 Å². The summed E-state index contributed by atoms with van der Waals surface area (Å²) >= 11 is 0. The molecular weight excluding hydrogens is 208 g/mol. The molecule has 2 saturated carbocycles. The van der Waals surface area contributed by atoms with Crippen LogP contribution in [0.3, 0.4) is 0 Å². The zero-order chi connectivity index (χ0) is 12.3. The van der Waals surface area contributed by atoms with E-state index in [1.165, 1.54) is 51.5 Å². The van der Waals surface area contributed by atoms with E-state index in [0.717, 1.165) is 30.5 Å². The lowest BCUT2D eigenvalue weighted by Gasteiger charge is -2.37. The fourth-order valence-electron chi connectivity index (χ4n) is 3.46. The summed E-state index contributed by atoms with van der Waals surface area (Å²) in [6.45, 7) is 6.88. The smallest absolute Gasteiger partial charge is 0.0139 e. The SMILES string of the molecule is CC(C)CN(C1CC1)C1CCCCCC1CN. The lowest BCUT2D eigenvalue weighted by molar-refractivity contribution is 0.112. The van der Waals surface area contributed by atoms with E-state index >= 15 is 0 Å². The van der Waals surface area contributed by atoms with E-state index in [0.29, 0.717) is 0 Å². The van der Waals surface area contributed by atoms with Crippen molar-refractivity contribution in [1.29, 1.82) is 0 Å². The van der Waals surface area contributed by atoms with Gasteiger partial charge in [-0.05, 0) is 44.1 Å². The Labute approximate surface area is 107 Å². The molecule has 0 heterocycles. The lowest BCUT2D eigenvalue weighted by Crippen LogP contribution is -2.45. The van der Waals surface area contributed by atoms with E-state index in [4.69, 9.17) is 5.73 Å². The van der Waals surface area contributed by atoms with E-state index in [2.05, 4.69) is 18.7 Å². The molecular formula is C15H30N2. The summed E-state index contributed by atoms with van der Waals surface area (Å²) in [4.78, 5) is 2.83. The predicted octanol–water partition coefficient (Wildman–Crippen LogP) is 3.01. The third-order valence-electron chi connectivity index (χ3n) is 4.44. The first-order valence-electron chi connectivity index (χ1n) is 7.68. The monoisotopic (exact) mass is 238 g/mol. The molecule has 0 aliphatic heterocycles. The number of nitrogens with two attached hydrogens (primary N) is 1. The summed E-state index contributed by atoms with van der Waals surface area (Å²) in [5, 5.41) is 0. The Morgan fingerprint density at radius 1 is 1.06 bits per heavy atom. The van der Waals surface area contributed by atoms with Gasteiger partial charge in [0.25, 0.3) is 0 Å². The van der Waals surface area contributed by atoms with Crippen LogP contribution in [-0.2, 0) is 0 Å². The number of rotatable bonds is 5. The van der Waals surface area contributed by atoms with E-state index in [9.17, 15) is 0 Å². The molecule has 0 bridgehead atoms. The van der Waals surface area contributed by atoms with Crippen LogP contribution < -0.4 is 5.73 Å². The molecule has 0 saturated heterocycles. The number of nitrogens with zero attached hydrogens (tertiary/aromatic N) is 1. The maximum atomic E-state index is 6.03. The maximum Gasteiger partial charge on any atom is 0.0139 e. The fraction of sp³-hybridized carbons (Fsp3) is 1.00. The average molecular weight is 238 g/mol. The second kappa shape index (κ2) is 6.19. The van der Waals surface area contributed by atoms with E-state index in [1.807, 2.05) is 0 Å². The summed E-state index contributed by atoms with van der Waals surface area (Å²) < 4.78 is 0. The third-order valence-corrected chi connectivity index (χ3v) is 4.44. The zero-order valence-electron chi connectivity index (χ0n) is 11.7. The maximum absolute atomic E-state index is 6.03. The van der Waals surface area contributed by atoms with Crippen molar-refractivity contribution in [2.24, 2.45) is 17.6 Å². The van der Waals surface area contributed by atoms with E-state index < -0.39 is 0 Å². The Morgan fingerprint density at radius 2 is 1.76 bits per heavy atom. The molecule has 2 heteroatoms. The molecule has 0 aromatic carbocycles. The van der Waals surface area contributed by atoms with Gasteiger partial charge >= 0.3 is 0 Å². The molecule has 2 aliphatic carbocycles. The van der Waals surface area contributed by atoms with Gasteiger partial charge in [0.2, 0.25) is 0 Å². The predicted molar refractivity (Wildman–Crippen MR) is 74.0 cm³/mol. The van der Waals surface area contributed by atoms with Gasteiger partial charge in [-0.1, -0.05) is 33.1 Å². The third kappa shape index (κ3) is 3.69. The second-order valence-corrected chi connectivity index (χ2v) is 6.52. The van der Waals surface area contributed by atoms with Gasteiger partial charge in [0.15, 0.2) is 0 Å². The molecule has 2 unspecified atom stereocenters. The van der Waals surface area contributed by atoms with Gasteiger partial charge in [0.05, 0.1) is 0 Å². The first kappa shape index (κ1) is 13.4. The van der Waals surface area contributed by atoms with Gasteiger partial charge in [-0.3, -0.25) is 4.90 Å². The van der Waals surface area contributed by atoms with E-state index in [1.54, 1.807) is 0 Å². The Morgan fingerprint density at radius 3 is 2.35 bits per heavy atom. The minimum Gasteiger partial charge on any atom is -0.330 e. The van der Waals surface area contributed by atoms with Gasteiger partial charge in [0.1, 0.15) is 0 Å². The molecule has 0 spiro atoms. The van der Waals surface area contributed by atoms with Crippen LogP contribution in [0, 0.1) is 11.8 Å². The number of hydrogen-bond acceptors (Lipinski definition) is 2. The standard InChI is InChI=1S/C15H30N2/c1-12(2)11-17(14-8-9-14)15-7-5-3-4-6-13(15)10-16/h12-15H,3-11,16H2,1-2H3. The van der Waals surface area contributed by atoms with Crippen LogP contribution in [-0.4, -0.2) is 30.1 Å². The summed E-state index contributed by atoms with van der Waals surface area (Å²) in [5.74, 6) is 1.55. The lowest BCUT2D eigenvalue weighted by atomic mass is 9.92. The normalized spacial score (nSPS) is 30.9. The molecule has 0 aromatic rings. The van der Waals surface area contributed by atoms with E-state index in [-0.39, 0.29) is 0 Å². The quantitative estimate of drug-likeness (QED) is 0.746. The van der Waals surface area contributed by atoms with Gasteiger partial charge in [0, 0.05) is 18.6 Å². The highest BCUT2D eigenvalue weighted by Gasteiger charge is 2.37. The summed E-state index contributed by atoms with van der Waals surface area (Å²) in [5.41, 5.74) is 6.03. The van der Waals surface area contributed by atoms with Crippen molar-refractivity contribution >= 4 is 0 Å². The Bertz CT molecular complexity index is 223. The molecule has 2 rings (SSSR count). The molecule has 2 atom stereocenters. The van der Waals surface area contributed by atoms with Crippen molar-refractivity contribution in [2.75, 3.05) is 13.1 Å². The van der Waals surface area contributed by atoms with Crippen molar-refractivity contribution in [1.82, 2.24) is 4.90 Å². The zero-order valence-corrected chi connectivity index (χ0v) is 11.7. The average Bonchev–Trinajstić information content (AvgIpc) is 3.12. The highest BCUT2D eigenvalue weighted by Crippen LogP contribution is 2.35. The molecule has 2 nitrogen and oxygen atoms in total.